The Morgan fingerprint density at radius 2 is 2.00 bits per heavy atom. The molecule has 0 fully saturated rings. The molecule has 0 radical (unpaired) electrons. The van der Waals surface area contributed by atoms with Crippen molar-refractivity contribution in [3.05, 3.63) is 52.6 Å². The van der Waals surface area contributed by atoms with Crippen molar-refractivity contribution in [2.45, 2.75) is 47.0 Å². The first kappa shape index (κ1) is 19.4. The minimum Gasteiger partial charge on any atom is -0.385 e. The SMILES string of the molecule is C=C(C)C(CCOC)/C(=C\C=O)c1cc(CCC)c(C)cc1C. The van der Waals surface area contributed by atoms with Crippen molar-refractivity contribution in [2.75, 3.05) is 13.7 Å². The predicted octanol–water partition coefficient (Wildman–Crippen LogP) is 5.07. The van der Waals surface area contributed by atoms with E-state index < -0.39 is 0 Å². The van der Waals surface area contributed by atoms with Gasteiger partial charge in [-0.1, -0.05) is 37.6 Å². The highest BCUT2D eigenvalue weighted by Crippen LogP contribution is 2.34. The first-order chi connectivity index (χ1) is 11.0. The number of rotatable bonds is 9. The number of benzene rings is 1. The van der Waals surface area contributed by atoms with Crippen LogP contribution in [-0.2, 0) is 16.0 Å². The van der Waals surface area contributed by atoms with Gasteiger partial charge in [-0.25, -0.2) is 0 Å². The summed E-state index contributed by atoms with van der Waals surface area (Å²) < 4.78 is 5.24. The van der Waals surface area contributed by atoms with E-state index in [-0.39, 0.29) is 5.92 Å². The Kier molecular flexibility index (Phi) is 7.97. The molecule has 0 aliphatic rings. The quantitative estimate of drug-likeness (QED) is 0.361. The Bertz CT molecular complexity index is 582. The summed E-state index contributed by atoms with van der Waals surface area (Å²) in [5, 5.41) is 0. The molecule has 0 amide bonds. The van der Waals surface area contributed by atoms with Crippen molar-refractivity contribution < 1.29 is 9.53 Å². The van der Waals surface area contributed by atoms with E-state index in [1.807, 2.05) is 6.92 Å². The number of allylic oxidation sites excluding steroid dienone is 3. The standard InChI is InChI=1S/C21H30O2/c1-7-8-18-14-21(17(5)13-16(18)4)20(9-11-22)19(15(2)3)10-12-23-6/h9,11,13-14,19H,2,7-8,10,12H2,1,3-6H3/b20-9+. The smallest absolute Gasteiger partial charge is 0.143 e. The predicted molar refractivity (Wildman–Crippen MR) is 98.7 cm³/mol. The van der Waals surface area contributed by atoms with Crippen LogP contribution in [-0.4, -0.2) is 20.0 Å². The Morgan fingerprint density at radius 3 is 2.52 bits per heavy atom. The summed E-state index contributed by atoms with van der Waals surface area (Å²) >= 11 is 0. The highest BCUT2D eigenvalue weighted by molar-refractivity contribution is 5.84. The lowest BCUT2D eigenvalue weighted by Gasteiger charge is -2.23. The van der Waals surface area contributed by atoms with Crippen LogP contribution in [0, 0.1) is 19.8 Å². The van der Waals surface area contributed by atoms with E-state index in [0.29, 0.717) is 6.61 Å². The zero-order chi connectivity index (χ0) is 17.4. The lowest BCUT2D eigenvalue weighted by atomic mass is 9.82. The third-order valence-corrected chi connectivity index (χ3v) is 4.34. The summed E-state index contributed by atoms with van der Waals surface area (Å²) in [6, 6.07) is 4.48. The minimum absolute atomic E-state index is 0.135. The van der Waals surface area contributed by atoms with Gasteiger partial charge >= 0.3 is 0 Å². The second-order valence-corrected chi connectivity index (χ2v) is 6.28. The topological polar surface area (TPSA) is 26.3 Å². The van der Waals surface area contributed by atoms with Gasteiger partial charge in [-0.05, 0) is 67.5 Å². The van der Waals surface area contributed by atoms with E-state index >= 15 is 0 Å². The van der Waals surface area contributed by atoms with E-state index in [4.69, 9.17) is 4.74 Å². The molecular formula is C21H30O2. The number of hydrogen-bond donors (Lipinski definition) is 0. The van der Waals surface area contributed by atoms with E-state index in [2.05, 4.69) is 39.5 Å². The normalized spacial score (nSPS) is 13.0. The molecule has 0 aliphatic heterocycles. The van der Waals surface area contributed by atoms with Gasteiger partial charge in [0.15, 0.2) is 0 Å². The van der Waals surface area contributed by atoms with Crippen LogP contribution < -0.4 is 0 Å². The number of aldehydes is 1. The zero-order valence-corrected chi connectivity index (χ0v) is 15.2. The van der Waals surface area contributed by atoms with Gasteiger partial charge in [-0.15, -0.1) is 0 Å². The molecule has 2 nitrogen and oxygen atoms in total. The van der Waals surface area contributed by atoms with Gasteiger partial charge in [0, 0.05) is 19.6 Å². The van der Waals surface area contributed by atoms with Gasteiger partial charge in [0.25, 0.3) is 0 Å². The molecule has 0 saturated carbocycles. The van der Waals surface area contributed by atoms with Crippen LogP contribution in [0.4, 0.5) is 0 Å². The van der Waals surface area contributed by atoms with Gasteiger partial charge in [0.1, 0.15) is 6.29 Å². The molecular weight excluding hydrogens is 284 g/mol. The lowest BCUT2D eigenvalue weighted by molar-refractivity contribution is -0.104. The summed E-state index contributed by atoms with van der Waals surface area (Å²) in [5.41, 5.74) is 7.17. The second-order valence-electron chi connectivity index (χ2n) is 6.28. The average Bonchev–Trinajstić information content (AvgIpc) is 2.49. The molecule has 0 spiro atoms. The maximum Gasteiger partial charge on any atom is 0.143 e. The lowest BCUT2D eigenvalue weighted by Crippen LogP contribution is -2.10. The monoisotopic (exact) mass is 314 g/mol. The van der Waals surface area contributed by atoms with E-state index in [1.165, 1.54) is 16.7 Å². The highest BCUT2D eigenvalue weighted by atomic mass is 16.5. The molecule has 0 aliphatic carbocycles. The number of aryl methyl sites for hydroxylation is 3. The maximum atomic E-state index is 11.2. The van der Waals surface area contributed by atoms with Gasteiger partial charge in [0.2, 0.25) is 0 Å². The summed E-state index contributed by atoms with van der Waals surface area (Å²) in [4.78, 5) is 11.2. The van der Waals surface area contributed by atoms with Crippen molar-refractivity contribution in [1.29, 1.82) is 0 Å². The largest absolute Gasteiger partial charge is 0.385 e. The van der Waals surface area contributed by atoms with Crippen molar-refractivity contribution in [2.24, 2.45) is 5.92 Å². The summed E-state index contributed by atoms with van der Waals surface area (Å²) in [6.45, 7) is 13.3. The number of hydrogen-bond acceptors (Lipinski definition) is 2. The van der Waals surface area contributed by atoms with Gasteiger partial charge < -0.3 is 4.74 Å². The first-order valence-corrected chi connectivity index (χ1v) is 8.36. The Labute approximate surface area is 141 Å². The van der Waals surface area contributed by atoms with E-state index in [0.717, 1.165) is 42.3 Å². The number of carbonyl (C=O) groups is 1. The van der Waals surface area contributed by atoms with Crippen LogP contribution in [0.5, 0.6) is 0 Å². The molecule has 1 aromatic carbocycles. The second kappa shape index (κ2) is 9.46. The van der Waals surface area contributed by atoms with Crippen molar-refractivity contribution in [1.82, 2.24) is 0 Å². The van der Waals surface area contributed by atoms with Crippen LogP contribution in [0.2, 0.25) is 0 Å². The number of methoxy groups -OCH3 is 1. The molecule has 0 heterocycles. The van der Waals surface area contributed by atoms with Crippen LogP contribution in [0.1, 0.15) is 48.9 Å². The molecule has 1 rings (SSSR count). The van der Waals surface area contributed by atoms with Crippen molar-refractivity contribution in [3.63, 3.8) is 0 Å². The van der Waals surface area contributed by atoms with E-state index in [1.54, 1.807) is 13.2 Å². The molecule has 2 heteroatoms. The number of carbonyl (C=O) groups excluding carboxylic acids is 1. The Balaban J connectivity index is 3.39. The fourth-order valence-electron chi connectivity index (χ4n) is 3.12. The summed E-state index contributed by atoms with van der Waals surface area (Å²) in [7, 11) is 1.70. The van der Waals surface area contributed by atoms with Crippen LogP contribution in [0.15, 0.2) is 30.4 Å². The molecule has 1 atom stereocenters. The van der Waals surface area contributed by atoms with E-state index in [9.17, 15) is 4.79 Å². The Hall–Kier alpha value is -1.67. The molecule has 0 saturated heterocycles. The maximum absolute atomic E-state index is 11.2. The Morgan fingerprint density at radius 1 is 1.30 bits per heavy atom. The molecule has 126 valence electrons. The fourth-order valence-corrected chi connectivity index (χ4v) is 3.12. The fraction of sp³-hybridized carbons (Fsp3) is 0.476. The van der Waals surface area contributed by atoms with Gasteiger partial charge in [-0.3, -0.25) is 4.79 Å². The zero-order valence-electron chi connectivity index (χ0n) is 15.2. The molecule has 23 heavy (non-hydrogen) atoms. The van der Waals surface area contributed by atoms with Gasteiger partial charge in [-0.2, -0.15) is 0 Å². The number of ether oxygens (including phenoxy) is 1. The van der Waals surface area contributed by atoms with Crippen LogP contribution in [0.25, 0.3) is 5.57 Å². The molecule has 1 unspecified atom stereocenters. The van der Waals surface area contributed by atoms with Crippen molar-refractivity contribution in [3.8, 4) is 0 Å². The summed E-state index contributed by atoms with van der Waals surface area (Å²) in [6.07, 6.45) is 5.59. The average molecular weight is 314 g/mol. The van der Waals surface area contributed by atoms with Crippen LogP contribution in [0.3, 0.4) is 0 Å². The molecule has 1 aromatic rings. The molecule has 0 aromatic heterocycles. The minimum atomic E-state index is 0.135. The summed E-state index contributed by atoms with van der Waals surface area (Å²) in [5.74, 6) is 0.135. The third kappa shape index (κ3) is 5.18. The van der Waals surface area contributed by atoms with Gasteiger partial charge in [0.05, 0.1) is 0 Å². The van der Waals surface area contributed by atoms with Crippen LogP contribution >= 0.6 is 0 Å². The van der Waals surface area contributed by atoms with Crippen molar-refractivity contribution >= 4 is 11.9 Å². The first-order valence-electron chi connectivity index (χ1n) is 8.36. The molecule has 0 bridgehead atoms. The third-order valence-electron chi connectivity index (χ3n) is 4.34. The highest BCUT2D eigenvalue weighted by Gasteiger charge is 2.19. The molecule has 0 N–H and O–H groups in total.